The van der Waals surface area contributed by atoms with Gasteiger partial charge in [0.05, 0.1) is 6.54 Å². The molecule has 1 aliphatic carbocycles. The Labute approximate surface area is 160 Å². The van der Waals surface area contributed by atoms with Gasteiger partial charge in [-0.1, -0.05) is 56.5 Å². The van der Waals surface area contributed by atoms with Gasteiger partial charge in [-0.05, 0) is 31.9 Å². The van der Waals surface area contributed by atoms with Gasteiger partial charge in [-0.3, -0.25) is 19.9 Å². The van der Waals surface area contributed by atoms with Gasteiger partial charge in [0, 0.05) is 6.04 Å². The van der Waals surface area contributed by atoms with Crippen LogP contribution in [-0.2, 0) is 15.1 Å². The number of benzene rings is 1. The number of hydrazine groups is 1. The molecular formula is C20H28N4O3. The molecule has 0 spiro atoms. The van der Waals surface area contributed by atoms with Crippen molar-refractivity contribution in [2.45, 2.75) is 57.0 Å². The first-order chi connectivity index (χ1) is 13.0. The molecule has 0 radical (unpaired) electrons. The molecule has 2 N–H and O–H groups in total. The van der Waals surface area contributed by atoms with Crippen LogP contribution in [0.1, 0.15) is 51.0 Å². The van der Waals surface area contributed by atoms with Gasteiger partial charge in [-0.2, -0.15) is 5.01 Å². The van der Waals surface area contributed by atoms with E-state index in [1.807, 2.05) is 49.2 Å². The number of carbonyl (C=O) groups excluding carboxylic acids is 3. The minimum Gasteiger partial charge on any atom is -0.318 e. The van der Waals surface area contributed by atoms with Crippen LogP contribution in [0, 0.1) is 0 Å². The molecule has 1 aromatic carbocycles. The second-order valence-electron chi connectivity index (χ2n) is 7.44. The van der Waals surface area contributed by atoms with Gasteiger partial charge >= 0.3 is 6.03 Å². The summed E-state index contributed by atoms with van der Waals surface area (Å²) in [5, 5.41) is 3.59. The SMILES string of the molecule is CCC1(c2ccccc2)NC(=O)N(NC(=O)CN(C)C2CCCCC2)C1=O. The van der Waals surface area contributed by atoms with Gasteiger partial charge in [-0.25, -0.2) is 4.79 Å². The van der Waals surface area contributed by atoms with E-state index in [4.69, 9.17) is 0 Å². The quantitative estimate of drug-likeness (QED) is 0.750. The average Bonchev–Trinajstić information content (AvgIpc) is 2.94. The van der Waals surface area contributed by atoms with E-state index in [1.54, 1.807) is 0 Å². The van der Waals surface area contributed by atoms with Crippen LogP contribution in [0.25, 0.3) is 0 Å². The molecule has 4 amide bonds. The first-order valence-corrected chi connectivity index (χ1v) is 9.70. The van der Waals surface area contributed by atoms with Gasteiger partial charge < -0.3 is 5.32 Å². The molecule has 1 aromatic rings. The van der Waals surface area contributed by atoms with Crippen molar-refractivity contribution >= 4 is 17.8 Å². The van der Waals surface area contributed by atoms with E-state index in [2.05, 4.69) is 10.7 Å². The Morgan fingerprint density at radius 2 is 1.89 bits per heavy atom. The maximum absolute atomic E-state index is 13.0. The third-order valence-electron chi connectivity index (χ3n) is 5.72. The number of nitrogens with zero attached hydrogens (tertiary/aromatic N) is 2. The molecule has 1 saturated carbocycles. The number of urea groups is 1. The summed E-state index contributed by atoms with van der Waals surface area (Å²) in [5.74, 6) is -0.804. The monoisotopic (exact) mass is 372 g/mol. The summed E-state index contributed by atoms with van der Waals surface area (Å²) >= 11 is 0. The molecule has 0 bridgehead atoms. The lowest BCUT2D eigenvalue weighted by atomic mass is 9.87. The Bertz CT molecular complexity index is 702. The fourth-order valence-electron chi connectivity index (χ4n) is 4.08. The molecule has 1 heterocycles. The van der Waals surface area contributed by atoms with Crippen LogP contribution in [0.3, 0.4) is 0 Å². The molecule has 0 aromatic heterocycles. The topological polar surface area (TPSA) is 81.8 Å². The normalized spacial score (nSPS) is 23.6. The van der Waals surface area contributed by atoms with E-state index >= 15 is 0 Å². The molecule has 146 valence electrons. The summed E-state index contributed by atoms with van der Waals surface area (Å²) in [5.41, 5.74) is 2.07. The lowest BCUT2D eigenvalue weighted by Crippen LogP contribution is -2.51. The number of likely N-dealkylation sites (N-methyl/N-ethyl adjacent to an activating group) is 1. The standard InChI is InChI=1S/C20H28N4O3/c1-3-20(15-10-6-4-7-11-15)18(26)24(19(27)21-20)22-17(25)14-23(2)16-12-8-5-9-13-16/h4,6-7,10-11,16H,3,5,8-9,12-14H2,1-2H3,(H,21,27)(H,22,25). The number of carbonyl (C=O) groups is 3. The van der Waals surface area contributed by atoms with E-state index in [9.17, 15) is 14.4 Å². The second kappa shape index (κ2) is 8.08. The fourth-order valence-corrected chi connectivity index (χ4v) is 4.08. The third-order valence-corrected chi connectivity index (χ3v) is 5.72. The predicted octanol–water partition coefficient (Wildman–Crippen LogP) is 2.14. The van der Waals surface area contributed by atoms with Crippen LogP contribution in [0.2, 0.25) is 0 Å². The first-order valence-electron chi connectivity index (χ1n) is 9.70. The first kappa shape index (κ1) is 19.4. The Balaban J connectivity index is 1.67. The summed E-state index contributed by atoms with van der Waals surface area (Å²) in [6.45, 7) is 2.00. The van der Waals surface area contributed by atoms with Crippen molar-refractivity contribution in [1.82, 2.24) is 20.7 Å². The third kappa shape index (κ3) is 3.83. The number of hydrogen-bond donors (Lipinski definition) is 2. The second-order valence-corrected chi connectivity index (χ2v) is 7.44. The van der Waals surface area contributed by atoms with Crippen LogP contribution in [0.5, 0.6) is 0 Å². The van der Waals surface area contributed by atoms with Crippen LogP contribution >= 0.6 is 0 Å². The van der Waals surface area contributed by atoms with Crippen molar-refractivity contribution in [3.05, 3.63) is 35.9 Å². The maximum atomic E-state index is 13.0. The van der Waals surface area contributed by atoms with Crippen molar-refractivity contribution in [3.63, 3.8) is 0 Å². The fraction of sp³-hybridized carbons (Fsp3) is 0.550. The molecule has 1 unspecified atom stereocenters. The number of amides is 4. The highest BCUT2D eigenvalue weighted by Gasteiger charge is 2.52. The van der Waals surface area contributed by atoms with Gasteiger partial charge in [-0.15, -0.1) is 0 Å². The van der Waals surface area contributed by atoms with Crippen LogP contribution in [0.15, 0.2) is 30.3 Å². The van der Waals surface area contributed by atoms with Gasteiger partial charge in [0.1, 0.15) is 5.54 Å². The van der Waals surface area contributed by atoms with Crippen molar-refractivity contribution in [2.24, 2.45) is 0 Å². The number of nitrogens with one attached hydrogen (secondary N) is 2. The van der Waals surface area contributed by atoms with Gasteiger partial charge in [0.15, 0.2) is 0 Å². The molecule has 2 aliphatic rings. The van der Waals surface area contributed by atoms with Crippen LogP contribution in [-0.4, -0.2) is 47.4 Å². The van der Waals surface area contributed by atoms with E-state index in [0.29, 0.717) is 18.0 Å². The minimum atomic E-state index is -1.14. The zero-order valence-corrected chi connectivity index (χ0v) is 16.0. The minimum absolute atomic E-state index is 0.159. The van der Waals surface area contributed by atoms with Crippen LogP contribution in [0.4, 0.5) is 4.79 Å². The maximum Gasteiger partial charge on any atom is 0.344 e. The van der Waals surface area contributed by atoms with E-state index in [0.717, 1.165) is 17.9 Å². The highest BCUT2D eigenvalue weighted by atomic mass is 16.2. The van der Waals surface area contributed by atoms with Gasteiger partial charge in [0.2, 0.25) is 0 Å². The zero-order valence-electron chi connectivity index (χ0n) is 16.0. The molecule has 1 aliphatic heterocycles. The lowest BCUT2D eigenvalue weighted by molar-refractivity contribution is -0.140. The Hall–Kier alpha value is -2.41. The molecule has 1 atom stereocenters. The summed E-state index contributed by atoms with van der Waals surface area (Å²) in [7, 11) is 1.92. The summed E-state index contributed by atoms with van der Waals surface area (Å²) in [6, 6.07) is 8.91. The Morgan fingerprint density at radius 3 is 2.52 bits per heavy atom. The predicted molar refractivity (Wildman–Crippen MR) is 101 cm³/mol. The van der Waals surface area contributed by atoms with Crippen molar-refractivity contribution in [1.29, 1.82) is 0 Å². The number of rotatable bonds is 6. The van der Waals surface area contributed by atoms with E-state index in [1.165, 1.54) is 19.3 Å². The van der Waals surface area contributed by atoms with E-state index < -0.39 is 17.5 Å². The largest absolute Gasteiger partial charge is 0.344 e. The number of hydrogen-bond acceptors (Lipinski definition) is 4. The number of imide groups is 1. The van der Waals surface area contributed by atoms with E-state index in [-0.39, 0.29) is 12.5 Å². The smallest absolute Gasteiger partial charge is 0.318 e. The highest BCUT2D eigenvalue weighted by molar-refractivity contribution is 6.08. The molecule has 7 heteroatoms. The molecular weight excluding hydrogens is 344 g/mol. The Morgan fingerprint density at radius 1 is 1.22 bits per heavy atom. The summed E-state index contributed by atoms with van der Waals surface area (Å²) in [4.78, 5) is 39.9. The average molecular weight is 372 g/mol. The zero-order chi connectivity index (χ0) is 19.4. The van der Waals surface area contributed by atoms with Crippen molar-refractivity contribution in [2.75, 3.05) is 13.6 Å². The summed E-state index contributed by atoms with van der Waals surface area (Å²) in [6.07, 6.45) is 6.17. The van der Waals surface area contributed by atoms with Crippen LogP contribution < -0.4 is 10.7 Å². The van der Waals surface area contributed by atoms with Crippen molar-refractivity contribution in [3.8, 4) is 0 Å². The van der Waals surface area contributed by atoms with Gasteiger partial charge in [0.25, 0.3) is 11.8 Å². The lowest BCUT2D eigenvalue weighted by Gasteiger charge is -2.31. The molecule has 7 nitrogen and oxygen atoms in total. The van der Waals surface area contributed by atoms with Crippen molar-refractivity contribution < 1.29 is 14.4 Å². The molecule has 2 fully saturated rings. The highest BCUT2D eigenvalue weighted by Crippen LogP contribution is 2.31. The molecule has 27 heavy (non-hydrogen) atoms. The molecule has 1 saturated heterocycles. The molecule has 3 rings (SSSR count). The summed E-state index contributed by atoms with van der Waals surface area (Å²) < 4.78 is 0. The Kier molecular flexibility index (Phi) is 5.79.